The van der Waals surface area contributed by atoms with Crippen LogP contribution >= 0.6 is 12.2 Å². The van der Waals surface area contributed by atoms with Gasteiger partial charge in [0.15, 0.2) is 0 Å². The maximum absolute atomic E-state index is 5.43. The van der Waals surface area contributed by atoms with E-state index in [1.807, 2.05) is 31.2 Å². The fourth-order valence-electron chi connectivity index (χ4n) is 1.07. The van der Waals surface area contributed by atoms with E-state index in [1.165, 1.54) is 0 Å². The third kappa shape index (κ3) is 3.95. The summed E-state index contributed by atoms with van der Waals surface area (Å²) in [5, 5.41) is 2.97. The van der Waals surface area contributed by atoms with Gasteiger partial charge in [-0.3, -0.25) is 0 Å². The molecule has 1 aromatic rings. The molecule has 0 fully saturated rings. The number of rotatable bonds is 4. The Morgan fingerprint density at radius 3 is 3.00 bits per heavy atom. The Balaban J connectivity index is 2.74. The number of benzene rings is 1. The van der Waals surface area contributed by atoms with Crippen LogP contribution in [0.4, 0.5) is 0 Å². The van der Waals surface area contributed by atoms with Gasteiger partial charge in [-0.15, -0.1) is 10.5 Å². The van der Waals surface area contributed by atoms with Crippen molar-refractivity contribution in [3.63, 3.8) is 0 Å². The third-order valence-corrected chi connectivity index (χ3v) is 1.74. The smallest absolute Gasteiger partial charge is 0.221 e. The van der Waals surface area contributed by atoms with Crippen molar-refractivity contribution in [2.75, 3.05) is 6.61 Å². The van der Waals surface area contributed by atoms with Gasteiger partial charge in [-0.25, -0.2) is 0 Å². The van der Waals surface area contributed by atoms with Gasteiger partial charge in [0.1, 0.15) is 5.75 Å². The molecule has 0 unspecified atom stereocenters. The van der Waals surface area contributed by atoms with E-state index in [0.717, 1.165) is 11.3 Å². The van der Waals surface area contributed by atoms with Gasteiger partial charge in [0.05, 0.1) is 12.2 Å². The molecule has 0 bridgehead atoms. The van der Waals surface area contributed by atoms with Crippen molar-refractivity contribution in [1.82, 2.24) is 5.43 Å². The molecule has 0 amide bonds. The van der Waals surface area contributed by atoms with Crippen molar-refractivity contribution < 1.29 is 9.84 Å². The van der Waals surface area contributed by atoms with E-state index in [9.17, 15) is 0 Å². The van der Waals surface area contributed by atoms with Gasteiger partial charge in [0.25, 0.3) is 0 Å². The normalized spacial score (nSPS) is 10.2. The molecular formula is C10H14N3OS+. The van der Waals surface area contributed by atoms with Crippen LogP contribution in [0.3, 0.4) is 0 Å². The molecule has 4 nitrogen and oxygen atoms in total. The number of hydrogen-bond donors (Lipinski definition) is 3. The van der Waals surface area contributed by atoms with Gasteiger partial charge < -0.3 is 10.5 Å². The number of hydrazine groups is 1. The predicted octanol–water partition coefficient (Wildman–Crippen LogP) is -0.667. The molecule has 0 atom stereocenters. The van der Waals surface area contributed by atoms with Gasteiger partial charge in [-0.05, 0) is 31.3 Å². The van der Waals surface area contributed by atoms with E-state index in [2.05, 4.69) is 22.7 Å². The molecule has 1 aromatic carbocycles. The molecule has 0 aliphatic carbocycles. The van der Waals surface area contributed by atoms with Crippen molar-refractivity contribution in [2.45, 2.75) is 6.92 Å². The zero-order valence-corrected chi connectivity index (χ0v) is 9.30. The predicted molar refractivity (Wildman–Crippen MR) is 63.7 cm³/mol. The molecule has 1 rings (SSSR count). The quantitative estimate of drug-likeness (QED) is 0.361. The summed E-state index contributed by atoms with van der Waals surface area (Å²) in [5.41, 5.74) is 8.80. The van der Waals surface area contributed by atoms with E-state index in [4.69, 9.17) is 10.5 Å². The Kier molecular flexibility index (Phi) is 4.56. The first-order chi connectivity index (χ1) is 7.24. The summed E-state index contributed by atoms with van der Waals surface area (Å²) in [6.45, 7) is 2.57. The lowest BCUT2D eigenvalue weighted by Gasteiger charge is -2.03. The molecule has 15 heavy (non-hydrogen) atoms. The van der Waals surface area contributed by atoms with Crippen LogP contribution in [-0.2, 0) is 0 Å². The molecule has 0 aliphatic heterocycles. The number of nitrogens with one attached hydrogen (secondary N) is 2. The van der Waals surface area contributed by atoms with Crippen LogP contribution in [0.2, 0.25) is 0 Å². The van der Waals surface area contributed by atoms with Crippen molar-refractivity contribution in [2.24, 2.45) is 5.73 Å². The average molecular weight is 224 g/mol. The Labute approximate surface area is 94.1 Å². The molecule has 0 heterocycles. The van der Waals surface area contributed by atoms with E-state index in [1.54, 1.807) is 6.21 Å². The van der Waals surface area contributed by atoms with E-state index >= 15 is 0 Å². The standard InChI is InChI=1S/C10H13N3OS/c1-2-14-9-6-4-3-5-8(9)7-12-13-10(11)15/h3-7H,2H2,1H3,(H3,11,13,15)/p+1. The number of thiocarbonyl (C=S) groups is 1. The number of nitrogens with two attached hydrogens (primary N) is 1. The monoisotopic (exact) mass is 224 g/mol. The minimum atomic E-state index is 0.195. The molecule has 0 spiro atoms. The largest absolute Gasteiger partial charge is 0.493 e. The zero-order valence-electron chi connectivity index (χ0n) is 8.49. The maximum Gasteiger partial charge on any atom is 0.221 e. The summed E-state index contributed by atoms with van der Waals surface area (Å²) in [7, 11) is 0. The topological polar surface area (TPSA) is 61.2 Å². The average Bonchev–Trinajstić information content (AvgIpc) is 2.20. The lowest BCUT2D eigenvalue weighted by molar-refractivity contribution is -0.499. The van der Waals surface area contributed by atoms with E-state index in [-0.39, 0.29) is 5.11 Å². The highest BCUT2D eigenvalue weighted by molar-refractivity contribution is 7.80. The highest BCUT2D eigenvalue weighted by Gasteiger charge is 2.01. The molecule has 4 N–H and O–H groups in total. The molecule has 0 saturated heterocycles. The van der Waals surface area contributed by atoms with E-state index < -0.39 is 0 Å². The van der Waals surface area contributed by atoms with Crippen molar-refractivity contribution in [1.29, 1.82) is 0 Å². The zero-order chi connectivity index (χ0) is 11.1. The fourth-order valence-corrected chi connectivity index (χ4v) is 1.13. The van der Waals surface area contributed by atoms with Gasteiger partial charge in [0, 0.05) is 0 Å². The van der Waals surface area contributed by atoms with Crippen LogP contribution in [0.15, 0.2) is 24.3 Å². The highest BCUT2D eigenvalue weighted by Crippen LogP contribution is 2.14. The first-order valence-electron chi connectivity index (χ1n) is 4.60. The van der Waals surface area contributed by atoms with Gasteiger partial charge in [0.2, 0.25) is 11.3 Å². The maximum atomic E-state index is 5.43. The van der Waals surface area contributed by atoms with Gasteiger partial charge >= 0.3 is 0 Å². The molecule has 0 aromatic heterocycles. The summed E-state index contributed by atoms with van der Waals surface area (Å²) in [6.07, 6.45) is 1.74. The summed E-state index contributed by atoms with van der Waals surface area (Å²) in [5.74, 6) is 0.817. The first-order valence-corrected chi connectivity index (χ1v) is 5.01. The second-order valence-electron chi connectivity index (χ2n) is 2.75. The van der Waals surface area contributed by atoms with Crippen LogP contribution in [0.25, 0.3) is 0 Å². The Morgan fingerprint density at radius 2 is 2.33 bits per heavy atom. The lowest BCUT2D eigenvalue weighted by Crippen LogP contribution is -2.82. The van der Waals surface area contributed by atoms with Crippen LogP contribution in [0, 0.1) is 0 Å². The summed E-state index contributed by atoms with van der Waals surface area (Å²) >= 11 is 4.65. The summed E-state index contributed by atoms with van der Waals surface area (Å²) in [4.78, 5) is 0. The van der Waals surface area contributed by atoms with Gasteiger partial charge in [-0.2, -0.15) is 0 Å². The second kappa shape index (κ2) is 5.98. The summed E-state index contributed by atoms with van der Waals surface area (Å²) in [6, 6.07) is 7.68. The van der Waals surface area contributed by atoms with Crippen LogP contribution in [0.1, 0.15) is 12.5 Å². The number of ether oxygens (including phenoxy) is 1. The lowest BCUT2D eigenvalue weighted by atomic mass is 10.2. The minimum Gasteiger partial charge on any atom is -0.493 e. The Hall–Kier alpha value is -1.62. The Bertz CT molecular complexity index is 365. The fraction of sp³-hybridized carbons (Fsp3) is 0.200. The SMILES string of the molecule is CCOc1ccccc1C=[NH+]NC(N)=S. The molecule has 5 heteroatoms. The number of para-hydroxylation sites is 1. The van der Waals surface area contributed by atoms with Crippen LogP contribution in [0.5, 0.6) is 5.75 Å². The number of hydrazone groups is 1. The third-order valence-electron chi connectivity index (χ3n) is 1.64. The minimum absolute atomic E-state index is 0.195. The molecule has 0 radical (unpaired) electrons. The molecule has 0 aliphatic rings. The highest BCUT2D eigenvalue weighted by atomic mass is 32.1. The summed E-state index contributed by atoms with van der Waals surface area (Å²) < 4.78 is 5.43. The first kappa shape index (κ1) is 11.5. The van der Waals surface area contributed by atoms with Crippen molar-refractivity contribution >= 4 is 23.5 Å². The van der Waals surface area contributed by atoms with Crippen molar-refractivity contribution in [3.8, 4) is 5.75 Å². The van der Waals surface area contributed by atoms with Crippen molar-refractivity contribution in [3.05, 3.63) is 29.8 Å². The van der Waals surface area contributed by atoms with Crippen LogP contribution < -0.4 is 21.0 Å². The molecular weight excluding hydrogens is 210 g/mol. The van der Waals surface area contributed by atoms with Crippen LogP contribution in [-0.4, -0.2) is 17.9 Å². The molecule has 80 valence electrons. The molecule has 0 saturated carbocycles. The van der Waals surface area contributed by atoms with Gasteiger partial charge in [-0.1, -0.05) is 12.1 Å². The second-order valence-corrected chi connectivity index (χ2v) is 3.19. The van der Waals surface area contributed by atoms with E-state index in [0.29, 0.717) is 6.61 Å². The number of hydrogen-bond acceptors (Lipinski definition) is 2. The Morgan fingerprint density at radius 1 is 1.60 bits per heavy atom.